The summed E-state index contributed by atoms with van der Waals surface area (Å²) in [6, 6.07) is 10.6. The molecular formula is C13H18. The van der Waals surface area contributed by atoms with Crippen LogP contribution >= 0.6 is 0 Å². The lowest BCUT2D eigenvalue weighted by Crippen LogP contribution is -2.07. The monoisotopic (exact) mass is 174 g/mol. The van der Waals surface area contributed by atoms with Gasteiger partial charge in [0.15, 0.2) is 0 Å². The molecular weight excluding hydrogens is 156 g/mol. The predicted octanol–water partition coefficient (Wildman–Crippen LogP) is 4.14. The van der Waals surface area contributed by atoms with Gasteiger partial charge in [0.2, 0.25) is 0 Å². The normalized spacial score (nSPS) is 13.1. The van der Waals surface area contributed by atoms with Gasteiger partial charge in [-0.25, -0.2) is 0 Å². The highest BCUT2D eigenvalue weighted by Gasteiger charge is 2.16. The van der Waals surface area contributed by atoms with E-state index in [0.717, 1.165) is 0 Å². The van der Waals surface area contributed by atoms with Gasteiger partial charge in [0.25, 0.3) is 0 Å². The van der Waals surface area contributed by atoms with Crippen molar-refractivity contribution < 1.29 is 0 Å². The molecule has 0 fully saturated rings. The van der Waals surface area contributed by atoms with E-state index in [2.05, 4.69) is 64.1 Å². The molecule has 0 aliphatic carbocycles. The number of benzene rings is 1. The Bertz CT molecular complexity index is 286. The number of hydrogen-bond donors (Lipinski definition) is 0. The minimum atomic E-state index is 0.232. The van der Waals surface area contributed by atoms with E-state index in [1.54, 1.807) is 0 Å². The van der Waals surface area contributed by atoms with Gasteiger partial charge >= 0.3 is 0 Å². The van der Waals surface area contributed by atoms with E-state index in [0.29, 0.717) is 0 Å². The fraction of sp³-hybridized carbons (Fsp3) is 0.385. The minimum Gasteiger partial charge on any atom is -0.0833 e. The first-order valence-electron chi connectivity index (χ1n) is 4.78. The van der Waals surface area contributed by atoms with Gasteiger partial charge in [-0.15, -0.1) is 0 Å². The summed E-state index contributed by atoms with van der Waals surface area (Å²) >= 11 is 0. The van der Waals surface area contributed by atoms with Crippen molar-refractivity contribution in [2.24, 2.45) is 5.41 Å². The highest BCUT2D eigenvalue weighted by molar-refractivity contribution is 5.69. The zero-order valence-corrected chi connectivity index (χ0v) is 8.96. The van der Waals surface area contributed by atoms with Crippen LogP contribution in [0.25, 0.3) is 5.57 Å². The second kappa shape index (κ2) is 3.78. The topological polar surface area (TPSA) is 0 Å². The molecule has 0 radical (unpaired) electrons. The van der Waals surface area contributed by atoms with E-state index in [4.69, 9.17) is 0 Å². The van der Waals surface area contributed by atoms with Crippen LogP contribution in [0.2, 0.25) is 0 Å². The van der Waals surface area contributed by atoms with Gasteiger partial charge in [-0.3, -0.25) is 0 Å². The molecule has 13 heavy (non-hydrogen) atoms. The Balaban J connectivity index is 3.08. The van der Waals surface area contributed by atoms with E-state index in [9.17, 15) is 0 Å². The number of hydrogen-bond acceptors (Lipinski definition) is 0. The molecule has 0 unspecified atom stereocenters. The highest BCUT2D eigenvalue weighted by atomic mass is 14.2. The molecule has 0 amide bonds. The van der Waals surface area contributed by atoms with Crippen LogP contribution in [0.5, 0.6) is 0 Å². The summed E-state index contributed by atoms with van der Waals surface area (Å²) in [5, 5.41) is 0. The molecule has 0 aliphatic heterocycles. The summed E-state index contributed by atoms with van der Waals surface area (Å²) in [7, 11) is 0. The Morgan fingerprint density at radius 1 is 1.08 bits per heavy atom. The van der Waals surface area contributed by atoms with Crippen molar-refractivity contribution in [2.75, 3.05) is 0 Å². The zero-order valence-electron chi connectivity index (χ0n) is 8.96. The third kappa shape index (κ3) is 2.45. The van der Waals surface area contributed by atoms with Gasteiger partial charge in [-0.05, 0) is 23.5 Å². The Hall–Kier alpha value is -1.04. The van der Waals surface area contributed by atoms with Crippen molar-refractivity contribution in [1.29, 1.82) is 0 Å². The van der Waals surface area contributed by atoms with Crippen molar-refractivity contribution in [3.8, 4) is 0 Å². The Labute approximate surface area is 81.3 Å². The first-order valence-corrected chi connectivity index (χ1v) is 4.78. The molecule has 0 nitrogen and oxygen atoms in total. The summed E-state index contributed by atoms with van der Waals surface area (Å²) in [6.07, 6.45) is 2.20. The van der Waals surface area contributed by atoms with Gasteiger partial charge in [0.1, 0.15) is 0 Å². The first-order chi connectivity index (χ1) is 6.05. The lowest BCUT2D eigenvalue weighted by atomic mass is 9.82. The Kier molecular flexibility index (Phi) is 2.92. The number of allylic oxidation sites excluding steroid dienone is 2. The smallest absolute Gasteiger partial charge is 0.0129 e. The van der Waals surface area contributed by atoms with E-state index < -0.39 is 0 Å². The number of rotatable bonds is 1. The highest BCUT2D eigenvalue weighted by Crippen LogP contribution is 2.33. The quantitative estimate of drug-likeness (QED) is 0.600. The summed E-state index contributed by atoms with van der Waals surface area (Å²) in [5.74, 6) is 0. The molecule has 0 heterocycles. The van der Waals surface area contributed by atoms with Crippen LogP contribution < -0.4 is 0 Å². The van der Waals surface area contributed by atoms with Gasteiger partial charge in [-0.2, -0.15) is 0 Å². The lowest BCUT2D eigenvalue weighted by Gasteiger charge is -2.23. The summed E-state index contributed by atoms with van der Waals surface area (Å²) in [4.78, 5) is 0. The second-order valence-electron chi connectivity index (χ2n) is 4.32. The van der Waals surface area contributed by atoms with Crippen LogP contribution in [0.15, 0.2) is 36.4 Å². The molecule has 1 aromatic carbocycles. The maximum absolute atomic E-state index is 2.25. The molecule has 0 saturated heterocycles. The molecule has 0 aromatic heterocycles. The zero-order chi connectivity index (χ0) is 9.90. The average molecular weight is 174 g/mol. The SMILES string of the molecule is CC=C(c1ccccc1)C(C)(C)C. The summed E-state index contributed by atoms with van der Waals surface area (Å²) < 4.78 is 0. The first kappa shape index (κ1) is 10.0. The standard InChI is InChI=1S/C13H18/c1-5-12(13(2,3)4)11-9-7-6-8-10-11/h5-10H,1-4H3. The van der Waals surface area contributed by atoms with Crippen LogP contribution in [0, 0.1) is 5.41 Å². The molecule has 0 saturated carbocycles. The molecule has 1 rings (SSSR count). The van der Waals surface area contributed by atoms with Crippen molar-refractivity contribution in [3.05, 3.63) is 42.0 Å². The molecule has 0 heteroatoms. The molecule has 0 N–H and O–H groups in total. The van der Waals surface area contributed by atoms with E-state index in [-0.39, 0.29) is 5.41 Å². The van der Waals surface area contributed by atoms with Crippen molar-refractivity contribution in [1.82, 2.24) is 0 Å². The van der Waals surface area contributed by atoms with Crippen molar-refractivity contribution in [3.63, 3.8) is 0 Å². The third-order valence-corrected chi connectivity index (χ3v) is 2.18. The van der Waals surface area contributed by atoms with Crippen LogP contribution in [-0.4, -0.2) is 0 Å². The van der Waals surface area contributed by atoms with E-state index >= 15 is 0 Å². The van der Waals surface area contributed by atoms with Crippen molar-refractivity contribution >= 4 is 5.57 Å². The van der Waals surface area contributed by atoms with Gasteiger partial charge in [0.05, 0.1) is 0 Å². The Morgan fingerprint density at radius 3 is 2.00 bits per heavy atom. The Morgan fingerprint density at radius 2 is 1.62 bits per heavy atom. The van der Waals surface area contributed by atoms with Gasteiger partial charge in [0, 0.05) is 0 Å². The molecule has 1 aromatic rings. The molecule has 0 aliphatic rings. The minimum absolute atomic E-state index is 0.232. The van der Waals surface area contributed by atoms with E-state index in [1.165, 1.54) is 11.1 Å². The van der Waals surface area contributed by atoms with Crippen LogP contribution in [0.3, 0.4) is 0 Å². The summed E-state index contributed by atoms with van der Waals surface area (Å²) in [5.41, 5.74) is 2.97. The van der Waals surface area contributed by atoms with E-state index in [1.807, 2.05) is 0 Å². The molecule has 0 bridgehead atoms. The maximum Gasteiger partial charge on any atom is -0.0129 e. The van der Waals surface area contributed by atoms with Crippen molar-refractivity contribution in [2.45, 2.75) is 27.7 Å². The van der Waals surface area contributed by atoms with Gasteiger partial charge in [-0.1, -0.05) is 57.2 Å². The molecule has 0 spiro atoms. The lowest BCUT2D eigenvalue weighted by molar-refractivity contribution is 0.566. The van der Waals surface area contributed by atoms with Gasteiger partial charge < -0.3 is 0 Å². The molecule has 70 valence electrons. The largest absolute Gasteiger partial charge is 0.0833 e. The fourth-order valence-electron chi connectivity index (χ4n) is 1.65. The predicted molar refractivity (Wildman–Crippen MR) is 59.5 cm³/mol. The maximum atomic E-state index is 2.25. The summed E-state index contributed by atoms with van der Waals surface area (Å²) in [6.45, 7) is 8.84. The third-order valence-electron chi connectivity index (χ3n) is 2.18. The van der Waals surface area contributed by atoms with Crippen LogP contribution in [0.1, 0.15) is 33.3 Å². The molecule has 0 atom stereocenters. The van der Waals surface area contributed by atoms with Crippen LogP contribution in [0.4, 0.5) is 0 Å². The van der Waals surface area contributed by atoms with Crippen LogP contribution in [-0.2, 0) is 0 Å². The fourth-order valence-corrected chi connectivity index (χ4v) is 1.65. The second-order valence-corrected chi connectivity index (χ2v) is 4.32. The average Bonchev–Trinajstić information content (AvgIpc) is 2.05.